The van der Waals surface area contributed by atoms with Crippen molar-refractivity contribution >= 4 is 0 Å². The SMILES string of the molecule is COc1cc(-c2ccc(OC[C@@H](C)CC(C)C)c(C(F)F)c2)ccn1. The Morgan fingerprint density at radius 3 is 2.40 bits per heavy atom. The van der Waals surface area contributed by atoms with E-state index in [1.165, 1.54) is 13.2 Å². The summed E-state index contributed by atoms with van der Waals surface area (Å²) in [6.07, 6.45) is -0.00766. The second kappa shape index (κ2) is 8.79. The maximum atomic E-state index is 13.5. The van der Waals surface area contributed by atoms with E-state index in [-0.39, 0.29) is 11.3 Å². The maximum absolute atomic E-state index is 13.5. The predicted octanol–water partition coefficient (Wildman–Crippen LogP) is 5.76. The molecule has 0 aliphatic carbocycles. The van der Waals surface area contributed by atoms with E-state index >= 15 is 0 Å². The first kappa shape index (κ1) is 19.2. The number of nitrogens with zero attached hydrogens (tertiary/aromatic N) is 1. The van der Waals surface area contributed by atoms with Crippen LogP contribution in [0.2, 0.25) is 0 Å². The first-order valence-corrected chi connectivity index (χ1v) is 8.46. The fraction of sp³-hybridized carbons (Fsp3) is 0.450. The van der Waals surface area contributed by atoms with Crippen molar-refractivity contribution in [2.75, 3.05) is 13.7 Å². The van der Waals surface area contributed by atoms with E-state index in [1.807, 2.05) is 0 Å². The minimum atomic E-state index is -2.60. The topological polar surface area (TPSA) is 31.4 Å². The number of benzene rings is 1. The molecule has 0 unspecified atom stereocenters. The molecular formula is C20H25F2NO2. The summed E-state index contributed by atoms with van der Waals surface area (Å²) in [7, 11) is 1.52. The number of aromatic nitrogens is 1. The molecule has 3 nitrogen and oxygen atoms in total. The second-order valence-corrected chi connectivity index (χ2v) is 6.69. The van der Waals surface area contributed by atoms with Crippen LogP contribution in [0, 0.1) is 11.8 Å². The first-order valence-electron chi connectivity index (χ1n) is 8.46. The van der Waals surface area contributed by atoms with Gasteiger partial charge in [0.05, 0.1) is 19.3 Å². The number of pyridine rings is 1. The minimum absolute atomic E-state index is 0.0926. The highest BCUT2D eigenvalue weighted by atomic mass is 19.3. The van der Waals surface area contributed by atoms with Crippen molar-refractivity contribution < 1.29 is 18.3 Å². The largest absolute Gasteiger partial charge is 0.493 e. The number of methoxy groups -OCH3 is 1. The predicted molar refractivity (Wildman–Crippen MR) is 95.3 cm³/mol. The van der Waals surface area contributed by atoms with Crippen molar-refractivity contribution in [1.82, 2.24) is 4.98 Å². The Hall–Kier alpha value is -2.17. The van der Waals surface area contributed by atoms with Crippen molar-refractivity contribution in [3.8, 4) is 22.8 Å². The quantitative estimate of drug-likeness (QED) is 0.607. The number of halogens is 2. The molecule has 0 radical (unpaired) electrons. The van der Waals surface area contributed by atoms with Crippen LogP contribution < -0.4 is 9.47 Å². The molecule has 136 valence electrons. The molecule has 0 saturated heterocycles. The van der Waals surface area contributed by atoms with Gasteiger partial charge in [-0.1, -0.05) is 26.8 Å². The molecule has 25 heavy (non-hydrogen) atoms. The van der Waals surface area contributed by atoms with Gasteiger partial charge in [-0.3, -0.25) is 0 Å². The van der Waals surface area contributed by atoms with Crippen molar-refractivity contribution in [3.63, 3.8) is 0 Å². The number of hydrogen-bond donors (Lipinski definition) is 0. The van der Waals surface area contributed by atoms with E-state index in [2.05, 4.69) is 25.8 Å². The Balaban J connectivity index is 2.22. The van der Waals surface area contributed by atoms with Crippen LogP contribution >= 0.6 is 0 Å². The van der Waals surface area contributed by atoms with E-state index in [4.69, 9.17) is 9.47 Å². The standard InChI is InChI=1S/C20H25F2NO2/c1-13(2)9-14(3)12-25-18-6-5-15(10-17(18)20(21)22)16-7-8-23-19(11-16)24-4/h5-8,10-11,13-14,20H,9,12H2,1-4H3/t14-/m0/s1. The Labute approximate surface area is 148 Å². The van der Waals surface area contributed by atoms with E-state index in [0.717, 1.165) is 12.0 Å². The van der Waals surface area contributed by atoms with Gasteiger partial charge in [0.2, 0.25) is 5.88 Å². The molecule has 1 aromatic carbocycles. The lowest BCUT2D eigenvalue weighted by molar-refractivity contribution is 0.142. The molecule has 0 bridgehead atoms. The Kier molecular flexibility index (Phi) is 6.73. The molecule has 0 saturated carbocycles. The van der Waals surface area contributed by atoms with Crippen LogP contribution in [-0.2, 0) is 0 Å². The van der Waals surface area contributed by atoms with Gasteiger partial charge in [0.25, 0.3) is 6.43 Å². The molecule has 1 atom stereocenters. The Morgan fingerprint density at radius 1 is 1.04 bits per heavy atom. The third kappa shape index (κ3) is 5.41. The van der Waals surface area contributed by atoms with E-state index in [9.17, 15) is 8.78 Å². The van der Waals surface area contributed by atoms with E-state index in [0.29, 0.717) is 29.9 Å². The molecule has 1 aromatic heterocycles. The molecule has 0 spiro atoms. The molecular weight excluding hydrogens is 324 g/mol. The normalized spacial score (nSPS) is 12.5. The lowest BCUT2D eigenvalue weighted by Crippen LogP contribution is -2.12. The lowest BCUT2D eigenvalue weighted by Gasteiger charge is -2.17. The molecule has 0 aliphatic rings. The lowest BCUT2D eigenvalue weighted by atomic mass is 10.00. The van der Waals surface area contributed by atoms with E-state index < -0.39 is 6.43 Å². The third-order valence-electron chi connectivity index (χ3n) is 3.92. The Morgan fingerprint density at radius 2 is 1.76 bits per heavy atom. The smallest absolute Gasteiger partial charge is 0.267 e. The summed E-state index contributed by atoms with van der Waals surface area (Å²) in [4.78, 5) is 4.04. The molecule has 2 rings (SSSR count). The molecule has 2 aromatic rings. The van der Waals surface area contributed by atoms with Crippen LogP contribution in [-0.4, -0.2) is 18.7 Å². The van der Waals surface area contributed by atoms with Crippen molar-refractivity contribution in [2.24, 2.45) is 11.8 Å². The van der Waals surface area contributed by atoms with Gasteiger partial charge in [-0.2, -0.15) is 0 Å². The van der Waals surface area contributed by atoms with E-state index in [1.54, 1.807) is 30.5 Å². The summed E-state index contributed by atoms with van der Waals surface area (Å²) in [5, 5.41) is 0. The van der Waals surface area contributed by atoms with Gasteiger partial charge in [0.15, 0.2) is 0 Å². The van der Waals surface area contributed by atoms with Gasteiger partial charge in [-0.15, -0.1) is 0 Å². The molecule has 0 N–H and O–H groups in total. The molecule has 0 fully saturated rings. The van der Waals surface area contributed by atoms with Gasteiger partial charge in [-0.25, -0.2) is 13.8 Å². The maximum Gasteiger partial charge on any atom is 0.267 e. The number of ether oxygens (including phenoxy) is 2. The molecule has 0 aliphatic heterocycles. The summed E-state index contributed by atoms with van der Waals surface area (Å²) in [6, 6.07) is 8.35. The zero-order valence-electron chi connectivity index (χ0n) is 15.1. The Bertz CT molecular complexity index is 689. The molecule has 0 amide bonds. The van der Waals surface area contributed by atoms with Crippen LogP contribution in [0.1, 0.15) is 39.2 Å². The van der Waals surface area contributed by atoms with Crippen molar-refractivity contribution in [3.05, 3.63) is 42.1 Å². The van der Waals surface area contributed by atoms with Crippen LogP contribution in [0.3, 0.4) is 0 Å². The second-order valence-electron chi connectivity index (χ2n) is 6.69. The molecule has 1 heterocycles. The van der Waals surface area contributed by atoms with Crippen LogP contribution in [0.15, 0.2) is 36.5 Å². The number of hydrogen-bond acceptors (Lipinski definition) is 3. The fourth-order valence-corrected chi connectivity index (χ4v) is 2.84. The van der Waals surface area contributed by atoms with Gasteiger partial charge < -0.3 is 9.47 Å². The minimum Gasteiger partial charge on any atom is -0.493 e. The monoisotopic (exact) mass is 349 g/mol. The molecule has 5 heteroatoms. The van der Waals surface area contributed by atoms with Gasteiger partial charge in [0, 0.05) is 12.3 Å². The van der Waals surface area contributed by atoms with Crippen molar-refractivity contribution in [1.29, 1.82) is 0 Å². The third-order valence-corrected chi connectivity index (χ3v) is 3.92. The highest BCUT2D eigenvalue weighted by Gasteiger charge is 2.17. The summed E-state index contributed by atoms with van der Waals surface area (Å²) in [5.41, 5.74) is 1.36. The zero-order chi connectivity index (χ0) is 18.4. The van der Waals surface area contributed by atoms with Gasteiger partial charge in [0.1, 0.15) is 5.75 Å². The zero-order valence-corrected chi connectivity index (χ0v) is 15.1. The average Bonchev–Trinajstić information content (AvgIpc) is 2.59. The van der Waals surface area contributed by atoms with Crippen LogP contribution in [0.5, 0.6) is 11.6 Å². The van der Waals surface area contributed by atoms with Gasteiger partial charge in [-0.05, 0) is 47.6 Å². The summed E-state index contributed by atoms with van der Waals surface area (Å²) in [5.74, 6) is 1.56. The summed E-state index contributed by atoms with van der Waals surface area (Å²) < 4.78 is 37.7. The fourth-order valence-electron chi connectivity index (χ4n) is 2.84. The van der Waals surface area contributed by atoms with Crippen molar-refractivity contribution in [2.45, 2.75) is 33.6 Å². The van der Waals surface area contributed by atoms with Crippen LogP contribution in [0.4, 0.5) is 8.78 Å². The van der Waals surface area contributed by atoms with Gasteiger partial charge >= 0.3 is 0 Å². The highest BCUT2D eigenvalue weighted by Crippen LogP contribution is 2.34. The summed E-state index contributed by atoms with van der Waals surface area (Å²) in [6.45, 7) is 6.78. The van der Waals surface area contributed by atoms with Crippen LogP contribution in [0.25, 0.3) is 11.1 Å². The number of alkyl halides is 2. The first-order chi connectivity index (χ1) is 11.9. The summed E-state index contributed by atoms with van der Waals surface area (Å²) >= 11 is 0. The number of rotatable bonds is 8. The highest BCUT2D eigenvalue weighted by molar-refractivity contribution is 5.66. The average molecular weight is 349 g/mol.